The van der Waals surface area contributed by atoms with Crippen molar-refractivity contribution < 1.29 is 19.1 Å². The standard InChI is InChI=1S/C22H21N3O4S/c1-13(26)25-9-8-14-10-16(5-6-18(14)25)23-21(27)17-12-30-22(24-17)15-4-7-19(28-2)20(11-15)29-3/h4-7,10-12H,8-9H2,1-3H3,(H,23,27). The average molecular weight is 423 g/mol. The highest BCUT2D eigenvalue weighted by Crippen LogP contribution is 2.34. The highest BCUT2D eigenvalue weighted by molar-refractivity contribution is 7.13. The van der Waals surface area contributed by atoms with E-state index in [0.29, 0.717) is 34.4 Å². The van der Waals surface area contributed by atoms with Crippen LogP contribution in [0.5, 0.6) is 11.5 Å². The lowest BCUT2D eigenvalue weighted by Crippen LogP contribution is -2.25. The first-order valence-corrected chi connectivity index (χ1v) is 10.3. The van der Waals surface area contributed by atoms with E-state index in [1.165, 1.54) is 11.3 Å². The zero-order valence-corrected chi connectivity index (χ0v) is 17.7. The number of hydrogen-bond acceptors (Lipinski definition) is 6. The third-order valence-electron chi connectivity index (χ3n) is 4.98. The minimum Gasteiger partial charge on any atom is -0.493 e. The van der Waals surface area contributed by atoms with Crippen LogP contribution in [0, 0.1) is 0 Å². The maximum absolute atomic E-state index is 12.7. The van der Waals surface area contributed by atoms with Gasteiger partial charge in [-0.3, -0.25) is 9.59 Å². The molecule has 0 fully saturated rings. The second-order valence-electron chi connectivity index (χ2n) is 6.83. The van der Waals surface area contributed by atoms with Crippen molar-refractivity contribution in [1.29, 1.82) is 0 Å². The van der Waals surface area contributed by atoms with Gasteiger partial charge in [-0.25, -0.2) is 4.98 Å². The number of anilines is 2. The van der Waals surface area contributed by atoms with Crippen LogP contribution >= 0.6 is 11.3 Å². The molecule has 1 N–H and O–H groups in total. The Kier molecular flexibility index (Phi) is 5.41. The number of fused-ring (bicyclic) bond motifs is 1. The zero-order valence-electron chi connectivity index (χ0n) is 16.9. The minimum absolute atomic E-state index is 0.0238. The Morgan fingerprint density at radius 3 is 2.63 bits per heavy atom. The normalized spacial score (nSPS) is 12.4. The number of amides is 2. The van der Waals surface area contributed by atoms with Gasteiger partial charge in [0.05, 0.1) is 14.2 Å². The second kappa shape index (κ2) is 8.16. The Balaban J connectivity index is 1.51. The van der Waals surface area contributed by atoms with Gasteiger partial charge in [0, 0.05) is 35.8 Å². The third-order valence-corrected chi connectivity index (χ3v) is 5.87. The summed E-state index contributed by atoms with van der Waals surface area (Å²) in [7, 11) is 3.16. The number of thiazole rings is 1. The Labute approximate surface area is 178 Å². The summed E-state index contributed by atoms with van der Waals surface area (Å²) in [5.74, 6) is 0.986. The number of aromatic nitrogens is 1. The zero-order chi connectivity index (χ0) is 21.3. The van der Waals surface area contributed by atoms with Gasteiger partial charge in [-0.1, -0.05) is 0 Å². The minimum atomic E-state index is -0.278. The van der Waals surface area contributed by atoms with Crippen molar-refractivity contribution in [3.8, 4) is 22.1 Å². The number of benzene rings is 2. The predicted molar refractivity (Wildman–Crippen MR) is 117 cm³/mol. The van der Waals surface area contributed by atoms with E-state index in [0.717, 1.165) is 23.2 Å². The Morgan fingerprint density at radius 2 is 1.90 bits per heavy atom. The van der Waals surface area contributed by atoms with Crippen LogP contribution in [0.25, 0.3) is 10.6 Å². The van der Waals surface area contributed by atoms with Crippen LogP contribution in [0.2, 0.25) is 0 Å². The molecule has 1 aromatic heterocycles. The van der Waals surface area contributed by atoms with E-state index >= 15 is 0 Å². The van der Waals surface area contributed by atoms with E-state index in [2.05, 4.69) is 10.3 Å². The number of methoxy groups -OCH3 is 2. The maximum atomic E-state index is 12.7. The molecule has 0 bridgehead atoms. The van der Waals surface area contributed by atoms with E-state index < -0.39 is 0 Å². The average Bonchev–Trinajstić information content (AvgIpc) is 3.40. The van der Waals surface area contributed by atoms with Crippen LogP contribution in [0.3, 0.4) is 0 Å². The molecule has 0 atom stereocenters. The lowest BCUT2D eigenvalue weighted by Gasteiger charge is -2.15. The van der Waals surface area contributed by atoms with E-state index in [-0.39, 0.29) is 11.8 Å². The number of hydrogen-bond donors (Lipinski definition) is 1. The molecule has 0 radical (unpaired) electrons. The lowest BCUT2D eigenvalue weighted by molar-refractivity contribution is -0.116. The summed E-state index contributed by atoms with van der Waals surface area (Å²) >= 11 is 1.39. The molecule has 0 saturated heterocycles. The monoisotopic (exact) mass is 423 g/mol. The number of carbonyl (C=O) groups excluding carboxylic acids is 2. The molecule has 2 aromatic carbocycles. The molecule has 0 saturated carbocycles. The fourth-order valence-corrected chi connectivity index (χ4v) is 4.28. The van der Waals surface area contributed by atoms with Gasteiger partial charge >= 0.3 is 0 Å². The van der Waals surface area contributed by atoms with Gasteiger partial charge in [-0.15, -0.1) is 11.3 Å². The van der Waals surface area contributed by atoms with Gasteiger partial charge in [0.25, 0.3) is 5.91 Å². The van der Waals surface area contributed by atoms with E-state index in [9.17, 15) is 9.59 Å². The van der Waals surface area contributed by atoms with Crippen LogP contribution in [0.4, 0.5) is 11.4 Å². The summed E-state index contributed by atoms with van der Waals surface area (Å²) in [5, 5.41) is 5.34. The quantitative estimate of drug-likeness (QED) is 0.671. The van der Waals surface area contributed by atoms with Crippen molar-refractivity contribution in [3.63, 3.8) is 0 Å². The molecule has 1 aliphatic heterocycles. The number of rotatable bonds is 5. The molecular formula is C22H21N3O4S. The van der Waals surface area contributed by atoms with Gasteiger partial charge in [0.15, 0.2) is 11.5 Å². The van der Waals surface area contributed by atoms with Crippen molar-refractivity contribution in [2.24, 2.45) is 0 Å². The van der Waals surface area contributed by atoms with Crippen LogP contribution < -0.4 is 19.7 Å². The first-order chi connectivity index (χ1) is 14.5. The molecule has 8 heteroatoms. The summed E-state index contributed by atoms with van der Waals surface area (Å²) in [6, 6.07) is 11.1. The van der Waals surface area contributed by atoms with Gasteiger partial charge < -0.3 is 19.7 Å². The largest absolute Gasteiger partial charge is 0.493 e. The molecule has 154 valence electrons. The molecule has 2 heterocycles. The molecule has 3 aromatic rings. The first-order valence-electron chi connectivity index (χ1n) is 9.40. The summed E-state index contributed by atoms with van der Waals surface area (Å²) < 4.78 is 10.6. The van der Waals surface area contributed by atoms with Crippen molar-refractivity contribution in [3.05, 3.63) is 53.0 Å². The highest BCUT2D eigenvalue weighted by atomic mass is 32.1. The van der Waals surface area contributed by atoms with Crippen LogP contribution in [-0.2, 0) is 11.2 Å². The molecular weight excluding hydrogens is 402 g/mol. The smallest absolute Gasteiger partial charge is 0.275 e. The van der Waals surface area contributed by atoms with Gasteiger partial charge in [0.2, 0.25) is 5.91 Å². The predicted octanol–water partition coefficient (Wildman–Crippen LogP) is 3.99. The lowest BCUT2D eigenvalue weighted by atomic mass is 10.1. The van der Waals surface area contributed by atoms with Gasteiger partial charge in [0.1, 0.15) is 10.7 Å². The molecule has 2 amide bonds. The number of ether oxygens (including phenoxy) is 2. The van der Waals surface area contributed by atoms with Gasteiger partial charge in [-0.05, 0) is 48.4 Å². The molecule has 4 rings (SSSR count). The van der Waals surface area contributed by atoms with Crippen molar-refractivity contribution in [2.75, 3.05) is 31.0 Å². The van der Waals surface area contributed by atoms with Crippen molar-refractivity contribution in [1.82, 2.24) is 4.98 Å². The topological polar surface area (TPSA) is 80.8 Å². The summed E-state index contributed by atoms with van der Waals surface area (Å²) in [4.78, 5) is 30.6. The molecule has 30 heavy (non-hydrogen) atoms. The first kappa shape index (κ1) is 19.9. The fraction of sp³-hybridized carbons (Fsp3) is 0.227. The molecule has 7 nitrogen and oxygen atoms in total. The summed E-state index contributed by atoms with van der Waals surface area (Å²) in [6.45, 7) is 2.23. The number of nitrogens with one attached hydrogen (secondary N) is 1. The SMILES string of the molecule is COc1ccc(-c2nc(C(=O)Nc3ccc4c(c3)CCN4C(C)=O)cs2)cc1OC. The third kappa shape index (κ3) is 3.73. The summed E-state index contributed by atoms with van der Waals surface area (Å²) in [5.41, 5.74) is 3.83. The Hall–Kier alpha value is -3.39. The molecule has 0 unspecified atom stereocenters. The van der Waals surface area contributed by atoms with Crippen LogP contribution in [0.1, 0.15) is 23.0 Å². The Morgan fingerprint density at radius 1 is 1.10 bits per heavy atom. The van der Waals surface area contributed by atoms with Crippen molar-refractivity contribution >= 4 is 34.5 Å². The van der Waals surface area contributed by atoms with Crippen molar-refractivity contribution in [2.45, 2.75) is 13.3 Å². The molecule has 0 spiro atoms. The highest BCUT2D eigenvalue weighted by Gasteiger charge is 2.22. The Bertz CT molecular complexity index is 1130. The van der Waals surface area contributed by atoms with Crippen LogP contribution in [0.15, 0.2) is 41.8 Å². The van der Waals surface area contributed by atoms with Crippen LogP contribution in [-0.4, -0.2) is 37.6 Å². The second-order valence-corrected chi connectivity index (χ2v) is 7.68. The maximum Gasteiger partial charge on any atom is 0.275 e. The summed E-state index contributed by atoms with van der Waals surface area (Å²) in [6.07, 6.45) is 0.777. The van der Waals surface area contributed by atoms with Gasteiger partial charge in [-0.2, -0.15) is 0 Å². The molecule has 1 aliphatic rings. The number of nitrogens with zero attached hydrogens (tertiary/aromatic N) is 2. The van der Waals surface area contributed by atoms with E-state index in [1.807, 2.05) is 30.3 Å². The van der Waals surface area contributed by atoms with E-state index in [1.54, 1.807) is 37.5 Å². The number of carbonyl (C=O) groups is 2. The molecule has 0 aliphatic carbocycles. The van der Waals surface area contributed by atoms with E-state index in [4.69, 9.17) is 9.47 Å². The fourth-order valence-electron chi connectivity index (χ4n) is 3.48.